The summed E-state index contributed by atoms with van der Waals surface area (Å²) in [5, 5.41) is 8.87. The lowest BCUT2D eigenvalue weighted by atomic mass is 10.1. The molecule has 0 aromatic heterocycles. The summed E-state index contributed by atoms with van der Waals surface area (Å²) in [6.07, 6.45) is 14.0. The molecule has 2 aromatic carbocycles. The van der Waals surface area contributed by atoms with Crippen LogP contribution in [0.25, 0.3) is 0 Å². The molecule has 2 aromatic rings. The van der Waals surface area contributed by atoms with Gasteiger partial charge in [0.1, 0.15) is 11.4 Å². The lowest BCUT2D eigenvalue weighted by molar-refractivity contribution is 0.302. The average molecular weight is 395 g/mol. The first-order chi connectivity index (χ1) is 14.3. The van der Waals surface area contributed by atoms with Crippen LogP contribution in [-0.4, -0.2) is 6.61 Å². The van der Waals surface area contributed by atoms with E-state index in [1.165, 1.54) is 56.9 Å². The molecule has 0 bridgehead atoms. The molecule has 2 rings (SSSR count). The Morgan fingerprint density at radius 1 is 0.655 bits per heavy atom. The van der Waals surface area contributed by atoms with Crippen LogP contribution in [0.4, 0.5) is 11.4 Å². The lowest BCUT2D eigenvalue weighted by Gasteiger charge is -2.13. The number of para-hydroxylation sites is 1. The van der Waals surface area contributed by atoms with Gasteiger partial charge < -0.3 is 4.74 Å². The van der Waals surface area contributed by atoms with Gasteiger partial charge in [-0.05, 0) is 36.6 Å². The molecule has 0 spiro atoms. The molecule has 0 unspecified atom stereocenters. The highest BCUT2D eigenvalue weighted by molar-refractivity contribution is 5.56. The maximum absolute atomic E-state index is 6.22. The second-order valence-corrected chi connectivity index (χ2v) is 7.73. The van der Waals surface area contributed by atoms with Crippen LogP contribution in [0.1, 0.15) is 83.6 Å². The number of hydrogen-bond acceptors (Lipinski definition) is 3. The molecular weight excluding hydrogens is 356 g/mol. The zero-order valence-corrected chi connectivity index (χ0v) is 18.4. The first-order valence-corrected chi connectivity index (χ1v) is 11.6. The highest BCUT2D eigenvalue weighted by Crippen LogP contribution is 2.34. The summed E-state index contributed by atoms with van der Waals surface area (Å²) in [7, 11) is 0. The molecule has 0 heterocycles. The summed E-state index contributed by atoms with van der Waals surface area (Å²) < 4.78 is 6.22. The Morgan fingerprint density at radius 2 is 1.34 bits per heavy atom. The molecular formula is C26H38N2O. The molecule has 0 aliphatic heterocycles. The van der Waals surface area contributed by atoms with Gasteiger partial charge in [-0.1, -0.05) is 102 Å². The van der Waals surface area contributed by atoms with Crippen molar-refractivity contribution in [1.82, 2.24) is 0 Å². The average Bonchev–Trinajstić information content (AvgIpc) is 2.75. The third-order valence-corrected chi connectivity index (χ3v) is 5.12. The summed E-state index contributed by atoms with van der Waals surface area (Å²) in [6, 6.07) is 16.1. The molecule has 3 heteroatoms. The van der Waals surface area contributed by atoms with Gasteiger partial charge in [-0.15, -0.1) is 5.11 Å². The standard InChI is InChI=1S/C26H38N2O/c1-3-5-6-7-8-9-10-11-15-22-29-26-23(17-4-2)18-16-21-25(26)28-27-24-19-13-12-14-20-24/h12-14,16,18-21H,3-11,15,17,22H2,1-2H3. The Morgan fingerprint density at radius 3 is 2.03 bits per heavy atom. The van der Waals surface area contributed by atoms with Crippen LogP contribution in [0.2, 0.25) is 0 Å². The van der Waals surface area contributed by atoms with Crippen molar-refractivity contribution in [3.8, 4) is 5.75 Å². The van der Waals surface area contributed by atoms with E-state index in [1.807, 2.05) is 36.4 Å². The molecule has 0 saturated carbocycles. The smallest absolute Gasteiger partial charge is 0.149 e. The van der Waals surface area contributed by atoms with Gasteiger partial charge in [0, 0.05) is 0 Å². The van der Waals surface area contributed by atoms with Gasteiger partial charge in [0.2, 0.25) is 0 Å². The van der Waals surface area contributed by atoms with E-state index in [4.69, 9.17) is 4.74 Å². The van der Waals surface area contributed by atoms with Gasteiger partial charge in [0.05, 0.1) is 12.3 Å². The number of azo groups is 1. The monoisotopic (exact) mass is 394 g/mol. The number of unbranched alkanes of at least 4 members (excludes halogenated alkanes) is 8. The second kappa shape index (κ2) is 14.8. The fourth-order valence-corrected chi connectivity index (χ4v) is 3.48. The Kier molecular flexibility index (Phi) is 11.8. The SMILES string of the molecule is CCCCCCCCCCCOc1c(CCC)cccc1N=Nc1ccccc1. The molecule has 158 valence electrons. The van der Waals surface area contributed by atoms with Crippen LogP contribution in [0, 0.1) is 0 Å². The molecule has 0 fully saturated rings. The van der Waals surface area contributed by atoms with Crippen molar-refractivity contribution >= 4 is 11.4 Å². The Balaban J connectivity index is 1.83. The van der Waals surface area contributed by atoms with E-state index < -0.39 is 0 Å². The van der Waals surface area contributed by atoms with Crippen molar-refractivity contribution in [2.24, 2.45) is 10.2 Å². The van der Waals surface area contributed by atoms with Gasteiger partial charge in [-0.25, -0.2) is 0 Å². The summed E-state index contributed by atoms with van der Waals surface area (Å²) in [6.45, 7) is 5.22. The predicted molar refractivity (Wildman–Crippen MR) is 124 cm³/mol. The Labute approximate surface area is 177 Å². The van der Waals surface area contributed by atoms with Crippen LogP contribution in [0.5, 0.6) is 5.75 Å². The quantitative estimate of drug-likeness (QED) is 0.219. The van der Waals surface area contributed by atoms with Crippen LogP contribution < -0.4 is 4.74 Å². The van der Waals surface area contributed by atoms with Crippen LogP contribution >= 0.6 is 0 Å². The maximum Gasteiger partial charge on any atom is 0.149 e. The van der Waals surface area contributed by atoms with E-state index in [0.717, 1.165) is 43.0 Å². The topological polar surface area (TPSA) is 34.0 Å². The van der Waals surface area contributed by atoms with Crippen molar-refractivity contribution in [2.75, 3.05) is 6.61 Å². The first-order valence-electron chi connectivity index (χ1n) is 11.6. The summed E-state index contributed by atoms with van der Waals surface area (Å²) in [5.41, 5.74) is 2.92. The zero-order valence-electron chi connectivity index (χ0n) is 18.4. The van der Waals surface area contributed by atoms with Gasteiger partial charge in [-0.3, -0.25) is 0 Å². The van der Waals surface area contributed by atoms with Crippen molar-refractivity contribution in [3.05, 3.63) is 54.1 Å². The number of ether oxygens (including phenoxy) is 1. The molecule has 0 atom stereocenters. The second-order valence-electron chi connectivity index (χ2n) is 7.73. The fourth-order valence-electron chi connectivity index (χ4n) is 3.48. The van der Waals surface area contributed by atoms with Crippen LogP contribution in [0.3, 0.4) is 0 Å². The molecule has 29 heavy (non-hydrogen) atoms. The van der Waals surface area contributed by atoms with Crippen LogP contribution in [0.15, 0.2) is 58.8 Å². The highest BCUT2D eigenvalue weighted by atomic mass is 16.5. The first kappa shape index (κ1) is 23.1. The number of rotatable bonds is 15. The number of aryl methyl sites for hydroxylation is 1. The number of hydrogen-bond donors (Lipinski definition) is 0. The van der Waals surface area contributed by atoms with Gasteiger partial charge in [0.15, 0.2) is 0 Å². The predicted octanol–water partition coefficient (Wildman–Crippen LogP) is 8.96. The van der Waals surface area contributed by atoms with E-state index in [9.17, 15) is 0 Å². The number of nitrogens with zero attached hydrogens (tertiary/aromatic N) is 2. The summed E-state index contributed by atoms with van der Waals surface area (Å²) in [4.78, 5) is 0. The molecule has 0 N–H and O–H groups in total. The normalized spacial score (nSPS) is 11.2. The lowest BCUT2D eigenvalue weighted by Crippen LogP contribution is -2.01. The largest absolute Gasteiger partial charge is 0.491 e. The van der Waals surface area contributed by atoms with Crippen molar-refractivity contribution < 1.29 is 4.74 Å². The third-order valence-electron chi connectivity index (χ3n) is 5.12. The molecule has 0 aliphatic carbocycles. The third kappa shape index (κ3) is 9.25. The summed E-state index contributed by atoms with van der Waals surface area (Å²) in [5.74, 6) is 0.911. The fraction of sp³-hybridized carbons (Fsp3) is 0.538. The molecule has 3 nitrogen and oxygen atoms in total. The highest BCUT2D eigenvalue weighted by Gasteiger charge is 2.09. The molecule has 0 aliphatic rings. The Hall–Kier alpha value is -2.16. The Bertz CT molecular complexity index is 697. The van der Waals surface area contributed by atoms with E-state index in [-0.39, 0.29) is 0 Å². The number of benzene rings is 2. The van der Waals surface area contributed by atoms with E-state index >= 15 is 0 Å². The van der Waals surface area contributed by atoms with Crippen molar-refractivity contribution in [1.29, 1.82) is 0 Å². The molecule has 0 saturated heterocycles. The van der Waals surface area contributed by atoms with E-state index in [1.54, 1.807) is 0 Å². The minimum absolute atomic E-state index is 0.754. The minimum atomic E-state index is 0.754. The van der Waals surface area contributed by atoms with E-state index in [0.29, 0.717) is 0 Å². The van der Waals surface area contributed by atoms with Crippen molar-refractivity contribution in [3.63, 3.8) is 0 Å². The van der Waals surface area contributed by atoms with Gasteiger partial charge >= 0.3 is 0 Å². The molecule has 0 radical (unpaired) electrons. The minimum Gasteiger partial charge on any atom is -0.491 e. The maximum atomic E-state index is 6.22. The van der Waals surface area contributed by atoms with E-state index in [2.05, 4.69) is 36.2 Å². The zero-order chi connectivity index (χ0) is 20.6. The van der Waals surface area contributed by atoms with Crippen LogP contribution in [-0.2, 0) is 6.42 Å². The molecule has 0 amide bonds. The van der Waals surface area contributed by atoms with Crippen molar-refractivity contribution in [2.45, 2.75) is 84.5 Å². The van der Waals surface area contributed by atoms with Gasteiger partial charge in [0.25, 0.3) is 0 Å². The summed E-state index contributed by atoms with van der Waals surface area (Å²) >= 11 is 0. The van der Waals surface area contributed by atoms with Gasteiger partial charge in [-0.2, -0.15) is 5.11 Å².